The summed E-state index contributed by atoms with van der Waals surface area (Å²) in [5, 5.41) is 8.44. The van der Waals surface area contributed by atoms with Crippen LogP contribution in [0.4, 0.5) is 0 Å². The molecular formula is C19H22N4O. The van der Waals surface area contributed by atoms with E-state index in [0.29, 0.717) is 0 Å². The molecule has 0 amide bonds. The number of rotatable bonds is 4. The predicted octanol–water partition coefficient (Wildman–Crippen LogP) is 3.31. The maximum atomic E-state index is 6.04. The number of para-hydroxylation sites is 1. The lowest BCUT2D eigenvalue weighted by Gasteiger charge is -2.32. The van der Waals surface area contributed by atoms with Crippen molar-refractivity contribution in [2.24, 2.45) is 0 Å². The van der Waals surface area contributed by atoms with E-state index in [4.69, 9.17) is 4.74 Å². The monoisotopic (exact) mass is 322 g/mol. The molecule has 1 N–H and O–H groups in total. The van der Waals surface area contributed by atoms with Crippen LogP contribution in [0.5, 0.6) is 5.88 Å². The highest BCUT2D eigenvalue weighted by Crippen LogP contribution is 2.22. The number of nitrogens with zero attached hydrogens (tertiary/aromatic N) is 3. The van der Waals surface area contributed by atoms with E-state index in [1.165, 1.54) is 16.5 Å². The number of benzene rings is 1. The molecule has 1 aliphatic heterocycles. The van der Waals surface area contributed by atoms with Gasteiger partial charge in [0.2, 0.25) is 5.88 Å². The highest BCUT2D eigenvalue weighted by molar-refractivity contribution is 5.81. The van der Waals surface area contributed by atoms with Gasteiger partial charge in [-0.1, -0.05) is 18.2 Å². The molecule has 1 aromatic carbocycles. The Labute approximate surface area is 141 Å². The number of aromatic amines is 1. The van der Waals surface area contributed by atoms with Gasteiger partial charge in [-0.15, -0.1) is 0 Å². The number of hydrogen-bond donors (Lipinski definition) is 1. The molecule has 0 atom stereocenters. The minimum Gasteiger partial charge on any atom is -0.474 e. The van der Waals surface area contributed by atoms with Crippen LogP contribution in [0.2, 0.25) is 0 Å². The number of aryl methyl sites for hydroxylation is 1. The molecular weight excluding hydrogens is 300 g/mol. The Balaban J connectivity index is 1.35. The van der Waals surface area contributed by atoms with Crippen molar-refractivity contribution in [2.45, 2.75) is 32.4 Å². The van der Waals surface area contributed by atoms with E-state index in [9.17, 15) is 0 Å². The van der Waals surface area contributed by atoms with Crippen molar-refractivity contribution in [3.8, 4) is 5.88 Å². The van der Waals surface area contributed by atoms with Gasteiger partial charge in [0.15, 0.2) is 0 Å². The number of H-pyrrole nitrogens is 1. The number of nitrogens with one attached hydrogen (secondary N) is 1. The molecule has 5 nitrogen and oxygen atoms in total. The lowest BCUT2D eigenvalue weighted by Crippen LogP contribution is -2.37. The van der Waals surface area contributed by atoms with Gasteiger partial charge in [0, 0.05) is 37.3 Å². The van der Waals surface area contributed by atoms with Crippen molar-refractivity contribution >= 4 is 10.9 Å². The molecule has 1 saturated heterocycles. The average molecular weight is 322 g/mol. The highest BCUT2D eigenvalue weighted by Gasteiger charge is 2.21. The lowest BCUT2D eigenvalue weighted by molar-refractivity contribution is 0.0934. The van der Waals surface area contributed by atoms with Gasteiger partial charge < -0.3 is 4.74 Å². The minimum absolute atomic E-state index is 0.262. The van der Waals surface area contributed by atoms with Crippen LogP contribution in [0.15, 0.2) is 42.7 Å². The number of aromatic nitrogens is 3. The maximum absolute atomic E-state index is 6.04. The van der Waals surface area contributed by atoms with Crippen LogP contribution in [0.25, 0.3) is 10.9 Å². The minimum atomic E-state index is 0.262. The topological polar surface area (TPSA) is 54.0 Å². The molecule has 1 aliphatic rings. The van der Waals surface area contributed by atoms with Crippen molar-refractivity contribution in [1.82, 2.24) is 20.1 Å². The maximum Gasteiger partial charge on any atom is 0.213 e. The third kappa shape index (κ3) is 3.26. The molecule has 2 aromatic heterocycles. The third-order valence-electron chi connectivity index (χ3n) is 4.67. The molecule has 1 fully saturated rings. The molecule has 3 aromatic rings. The van der Waals surface area contributed by atoms with Crippen molar-refractivity contribution in [1.29, 1.82) is 0 Å². The average Bonchev–Trinajstić information content (AvgIpc) is 3.06. The van der Waals surface area contributed by atoms with E-state index in [-0.39, 0.29) is 6.10 Å². The molecule has 24 heavy (non-hydrogen) atoms. The van der Waals surface area contributed by atoms with E-state index in [1.807, 2.05) is 24.5 Å². The Morgan fingerprint density at radius 2 is 2.12 bits per heavy atom. The first-order valence-corrected chi connectivity index (χ1v) is 8.50. The number of ether oxygens (including phenoxy) is 1. The number of piperidine rings is 1. The number of likely N-dealkylation sites (tertiary alicyclic amines) is 1. The first-order valence-electron chi connectivity index (χ1n) is 8.50. The summed E-state index contributed by atoms with van der Waals surface area (Å²) in [5.41, 5.74) is 3.65. The second-order valence-electron chi connectivity index (χ2n) is 6.52. The van der Waals surface area contributed by atoms with E-state index >= 15 is 0 Å². The van der Waals surface area contributed by atoms with Gasteiger partial charge in [-0.3, -0.25) is 10.00 Å². The van der Waals surface area contributed by atoms with Gasteiger partial charge in [-0.2, -0.15) is 5.10 Å². The fraction of sp³-hybridized carbons (Fsp3) is 0.368. The summed E-state index contributed by atoms with van der Waals surface area (Å²) in [6, 6.07) is 10.4. The summed E-state index contributed by atoms with van der Waals surface area (Å²) >= 11 is 0. The molecule has 5 heteroatoms. The quantitative estimate of drug-likeness (QED) is 0.801. The fourth-order valence-corrected chi connectivity index (χ4v) is 3.33. The Bertz CT molecular complexity index is 821. The standard InChI is InChI=1S/C19H22N4O/c1-14-5-8-20-18(11-14)24-17-6-9-23(10-7-17)13-16-4-2-3-15-12-21-22-19(15)16/h2-5,8,11-12,17H,6-7,9-10,13H2,1H3,(H,21,22). The van der Waals surface area contributed by atoms with Crippen LogP contribution < -0.4 is 4.74 Å². The summed E-state index contributed by atoms with van der Waals surface area (Å²) in [6.07, 6.45) is 6.03. The molecule has 124 valence electrons. The van der Waals surface area contributed by atoms with Gasteiger partial charge in [0.25, 0.3) is 0 Å². The lowest BCUT2D eigenvalue weighted by atomic mass is 10.1. The fourth-order valence-electron chi connectivity index (χ4n) is 3.33. The van der Waals surface area contributed by atoms with Crippen LogP contribution in [0.3, 0.4) is 0 Å². The predicted molar refractivity (Wildman–Crippen MR) is 94.0 cm³/mol. The summed E-state index contributed by atoms with van der Waals surface area (Å²) < 4.78 is 6.04. The van der Waals surface area contributed by atoms with Crippen LogP contribution in [0, 0.1) is 6.92 Å². The zero-order chi connectivity index (χ0) is 16.4. The smallest absolute Gasteiger partial charge is 0.213 e. The van der Waals surface area contributed by atoms with E-state index in [1.54, 1.807) is 0 Å². The molecule has 0 aliphatic carbocycles. The Hall–Kier alpha value is -2.40. The van der Waals surface area contributed by atoms with Gasteiger partial charge in [0.1, 0.15) is 6.10 Å². The molecule has 0 radical (unpaired) electrons. The normalized spacial score (nSPS) is 16.5. The zero-order valence-electron chi connectivity index (χ0n) is 13.9. The Morgan fingerprint density at radius 3 is 2.96 bits per heavy atom. The molecule has 4 rings (SSSR count). The van der Waals surface area contributed by atoms with Gasteiger partial charge in [-0.05, 0) is 37.0 Å². The molecule has 0 spiro atoms. The van der Waals surface area contributed by atoms with Gasteiger partial charge in [-0.25, -0.2) is 4.98 Å². The summed E-state index contributed by atoms with van der Waals surface area (Å²) in [7, 11) is 0. The zero-order valence-corrected chi connectivity index (χ0v) is 13.9. The summed E-state index contributed by atoms with van der Waals surface area (Å²) in [4.78, 5) is 6.79. The van der Waals surface area contributed by atoms with Crippen LogP contribution in [-0.2, 0) is 6.54 Å². The number of hydrogen-bond acceptors (Lipinski definition) is 4. The largest absolute Gasteiger partial charge is 0.474 e. The Morgan fingerprint density at radius 1 is 1.25 bits per heavy atom. The first-order chi connectivity index (χ1) is 11.8. The van der Waals surface area contributed by atoms with E-state index in [2.05, 4.69) is 45.2 Å². The van der Waals surface area contributed by atoms with Crippen LogP contribution >= 0.6 is 0 Å². The molecule has 0 unspecified atom stereocenters. The van der Waals surface area contributed by atoms with E-state index < -0.39 is 0 Å². The second-order valence-corrected chi connectivity index (χ2v) is 6.52. The molecule has 0 bridgehead atoms. The Kier molecular flexibility index (Phi) is 4.17. The molecule has 0 saturated carbocycles. The number of fused-ring (bicyclic) bond motifs is 1. The second kappa shape index (κ2) is 6.61. The number of pyridine rings is 1. The van der Waals surface area contributed by atoms with Crippen molar-refractivity contribution in [3.05, 3.63) is 53.9 Å². The summed E-state index contributed by atoms with van der Waals surface area (Å²) in [5.74, 6) is 0.746. The van der Waals surface area contributed by atoms with Gasteiger partial charge >= 0.3 is 0 Å². The van der Waals surface area contributed by atoms with Gasteiger partial charge in [0.05, 0.1) is 11.7 Å². The van der Waals surface area contributed by atoms with E-state index in [0.717, 1.165) is 43.9 Å². The van der Waals surface area contributed by atoms with Crippen LogP contribution in [-0.4, -0.2) is 39.3 Å². The summed E-state index contributed by atoms with van der Waals surface area (Å²) in [6.45, 7) is 5.10. The van der Waals surface area contributed by atoms with Crippen molar-refractivity contribution in [2.75, 3.05) is 13.1 Å². The SMILES string of the molecule is Cc1ccnc(OC2CCN(Cc3cccc4cn[nH]c34)CC2)c1. The van der Waals surface area contributed by atoms with Crippen molar-refractivity contribution in [3.63, 3.8) is 0 Å². The highest BCUT2D eigenvalue weighted by atomic mass is 16.5. The van der Waals surface area contributed by atoms with Crippen molar-refractivity contribution < 1.29 is 4.74 Å². The first kappa shape index (κ1) is 15.1. The third-order valence-corrected chi connectivity index (χ3v) is 4.67. The van der Waals surface area contributed by atoms with Crippen LogP contribution in [0.1, 0.15) is 24.0 Å². The molecule has 3 heterocycles.